The Balaban J connectivity index is 1.47. The number of carbonyl (C=O) groups is 2. The molecule has 0 spiro atoms. The maximum atomic E-state index is 13.0. The van der Waals surface area contributed by atoms with Gasteiger partial charge in [-0.1, -0.05) is 18.2 Å². The van der Waals surface area contributed by atoms with E-state index in [-0.39, 0.29) is 17.7 Å². The summed E-state index contributed by atoms with van der Waals surface area (Å²) in [7, 11) is 1.83. The van der Waals surface area contributed by atoms with Crippen molar-refractivity contribution in [2.45, 2.75) is 26.7 Å². The minimum Gasteiger partial charge on any atom is -0.360 e. The summed E-state index contributed by atoms with van der Waals surface area (Å²) < 4.78 is 0. The van der Waals surface area contributed by atoms with Crippen molar-refractivity contribution in [2.24, 2.45) is 0 Å². The summed E-state index contributed by atoms with van der Waals surface area (Å²) in [6, 6.07) is 18.0. The number of anilines is 2. The first-order chi connectivity index (χ1) is 15.8. The number of rotatable bonds is 5. The molecular weight excluding hydrogens is 412 g/mol. The minimum absolute atomic E-state index is 0.0616. The molecule has 2 heterocycles. The van der Waals surface area contributed by atoms with Crippen LogP contribution in [-0.4, -0.2) is 48.4 Å². The summed E-state index contributed by atoms with van der Waals surface area (Å²) in [6.07, 6.45) is 1.80. The number of aromatic nitrogens is 1. The normalized spacial score (nSPS) is 14.8. The Bertz CT molecular complexity index is 1170. The average molecular weight is 443 g/mol. The molecule has 6 nitrogen and oxygen atoms in total. The van der Waals surface area contributed by atoms with E-state index >= 15 is 0 Å². The van der Waals surface area contributed by atoms with Gasteiger partial charge in [0, 0.05) is 43.4 Å². The molecule has 1 atom stereocenters. The predicted molar refractivity (Wildman–Crippen MR) is 132 cm³/mol. The lowest BCUT2D eigenvalue weighted by Gasteiger charge is -2.34. The van der Waals surface area contributed by atoms with Crippen LogP contribution in [0.1, 0.15) is 29.7 Å². The van der Waals surface area contributed by atoms with Gasteiger partial charge in [0.25, 0.3) is 0 Å². The number of amides is 2. The summed E-state index contributed by atoms with van der Waals surface area (Å²) in [5.74, 6) is -0.275. The van der Waals surface area contributed by atoms with Crippen LogP contribution in [0.15, 0.2) is 60.8 Å². The summed E-state index contributed by atoms with van der Waals surface area (Å²) >= 11 is 0. The summed E-state index contributed by atoms with van der Waals surface area (Å²) in [4.78, 5) is 33.2. The van der Waals surface area contributed by atoms with E-state index in [9.17, 15) is 9.59 Å². The van der Waals surface area contributed by atoms with E-state index in [1.54, 1.807) is 11.1 Å². The van der Waals surface area contributed by atoms with Crippen LogP contribution in [0.3, 0.4) is 0 Å². The second kappa shape index (κ2) is 9.45. The zero-order chi connectivity index (χ0) is 23.5. The third-order valence-electron chi connectivity index (χ3n) is 6.18. The number of aryl methyl sites for hydroxylation is 2. The first-order valence-electron chi connectivity index (χ1n) is 11.2. The molecule has 6 heteroatoms. The standard InChI is InChI=1S/C27H30N4O2/c1-18-13-23(16-25(14-18)31-12-11-30(4)26(32)17-31)20(3)27(33)29-24-7-5-21(6-8-24)22-9-10-28-19(2)15-22/h5-10,13-16,20H,11-12,17H2,1-4H3,(H,29,33). The second-order valence-electron chi connectivity index (χ2n) is 8.81. The van der Waals surface area contributed by atoms with Crippen molar-refractivity contribution in [3.63, 3.8) is 0 Å². The quantitative estimate of drug-likeness (QED) is 0.637. The second-order valence-corrected chi connectivity index (χ2v) is 8.81. The number of benzene rings is 2. The number of nitrogens with zero attached hydrogens (tertiary/aromatic N) is 3. The number of hydrogen-bond acceptors (Lipinski definition) is 4. The van der Waals surface area contributed by atoms with Gasteiger partial charge in [-0.15, -0.1) is 0 Å². The van der Waals surface area contributed by atoms with Gasteiger partial charge in [0.2, 0.25) is 11.8 Å². The lowest BCUT2D eigenvalue weighted by molar-refractivity contribution is -0.129. The fourth-order valence-corrected chi connectivity index (χ4v) is 4.08. The lowest BCUT2D eigenvalue weighted by atomic mass is 9.97. The largest absolute Gasteiger partial charge is 0.360 e. The van der Waals surface area contributed by atoms with Crippen LogP contribution in [0.25, 0.3) is 11.1 Å². The van der Waals surface area contributed by atoms with Crippen LogP contribution < -0.4 is 10.2 Å². The Morgan fingerprint density at radius 2 is 1.76 bits per heavy atom. The Labute approximate surface area is 195 Å². The minimum atomic E-state index is -0.325. The number of pyridine rings is 1. The summed E-state index contributed by atoms with van der Waals surface area (Å²) in [5, 5.41) is 3.04. The van der Waals surface area contributed by atoms with Crippen LogP contribution in [0, 0.1) is 13.8 Å². The SMILES string of the molecule is Cc1cc(C(C)C(=O)Nc2ccc(-c3ccnc(C)c3)cc2)cc(N2CCN(C)C(=O)C2)c1. The maximum absolute atomic E-state index is 13.0. The molecule has 1 aromatic heterocycles. The number of carbonyl (C=O) groups excluding carboxylic acids is 2. The highest BCUT2D eigenvalue weighted by Crippen LogP contribution is 2.27. The average Bonchev–Trinajstić information content (AvgIpc) is 2.80. The first-order valence-corrected chi connectivity index (χ1v) is 11.2. The van der Waals surface area contributed by atoms with Crippen molar-refractivity contribution in [3.8, 4) is 11.1 Å². The fourth-order valence-electron chi connectivity index (χ4n) is 4.08. The van der Waals surface area contributed by atoms with Gasteiger partial charge < -0.3 is 15.1 Å². The van der Waals surface area contributed by atoms with Crippen LogP contribution in [0.4, 0.5) is 11.4 Å². The molecule has 3 aromatic rings. The molecule has 1 aliphatic rings. The van der Waals surface area contributed by atoms with Gasteiger partial charge in [-0.3, -0.25) is 14.6 Å². The molecule has 170 valence electrons. The molecular formula is C27H30N4O2. The van der Waals surface area contributed by atoms with E-state index < -0.39 is 0 Å². The van der Waals surface area contributed by atoms with Gasteiger partial charge in [-0.25, -0.2) is 0 Å². The number of hydrogen-bond donors (Lipinski definition) is 1. The van der Waals surface area contributed by atoms with E-state index in [1.165, 1.54) is 0 Å². The van der Waals surface area contributed by atoms with E-state index in [0.717, 1.165) is 45.9 Å². The van der Waals surface area contributed by atoms with Gasteiger partial charge in [0.05, 0.1) is 12.5 Å². The van der Waals surface area contributed by atoms with Crippen molar-refractivity contribution in [1.29, 1.82) is 0 Å². The molecule has 1 aliphatic heterocycles. The molecule has 1 saturated heterocycles. The number of likely N-dealkylation sites (N-methyl/N-ethyl adjacent to an activating group) is 1. The molecule has 0 aliphatic carbocycles. The van der Waals surface area contributed by atoms with E-state index in [4.69, 9.17) is 0 Å². The van der Waals surface area contributed by atoms with Crippen LogP contribution >= 0.6 is 0 Å². The highest BCUT2D eigenvalue weighted by Gasteiger charge is 2.23. The van der Waals surface area contributed by atoms with Crippen LogP contribution in [0.5, 0.6) is 0 Å². The van der Waals surface area contributed by atoms with Gasteiger partial charge in [0.15, 0.2) is 0 Å². The van der Waals surface area contributed by atoms with Crippen molar-refractivity contribution in [2.75, 3.05) is 36.9 Å². The van der Waals surface area contributed by atoms with E-state index in [0.29, 0.717) is 13.1 Å². The Hall–Kier alpha value is -3.67. The van der Waals surface area contributed by atoms with Gasteiger partial charge >= 0.3 is 0 Å². The third kappa shape index (κ3) is 5.22. The van der Waals surface area contributed by atoms with Crippen molar-refractivity contribution >= 4 is 23.2 Å². The topological polar surface area (TPSA) is 65.5 Å². The predicted octanol–water partition coefficient (Wildman–Crippen LogP) is 4.39. The monoisotopic (exact) mass is 442 g/mol. The molecule has 1 N–H and O–H groups in total. The highest BCUT2D eigenvalue weighted by atomic mass is 16.2. The van der Waals surface area contributed by atoms with Gasteiger partial charge in [0.1, 0.15) is 0 Å². The summed E-state index contributed by atoms with van der Waals surface area (Å²) in [6.45, 7) is 7.76. The van der Waals surface area contributed by atoms with E-state index in [2.05, 4.69) is 21.3 Å². The first kappa shape index (κ1) is 22.5. The lowest BCUT2D eigenvalue weighted by Crippen LogP contribution is -2.48. The molecule has 0 saturated carbocycles. The molecule has 1 fully saturated rings. The fraction of sp³-hybridized carbons (Fsp3) is 0.296. The van der Waals surface area contributed by atoms with Gasteiger partial charge in [-0.2, -0.15) is 0 Å². The molecule has 0 bridgehead atoms. The van der Waals surface area contributed by atoms with Crippen molar-refractivity contribution < 1.29 is 9.59 Å². The van der Waals surface area contributed by atoms with Crippen LogP contribution in [0.2, 0.25) is 0 Å². The van der Waals surface area contributed by atoms with E-state index in [1.807, 2.05) is 76.3 Å². The molecule has 4 rings (SSSR count). The molecule has 2 amide bonds. The van der Waals surface area contributed by atoms with Crippen molar-refractivity contribution in [1.82, 2.24) is 9.88 Å². The zero-order valence-electron chi connectivity index (χ0n) is 19.6. The molecule has 0 radical (unpaired) electrons. The molecule has 1 unspecified atom stereocenters. The zero-order valence-corrected chi connectivity index (χ0v) is 19.6. The van der Waals surface area contributed by atoms with Crippen LogP contribution in [-0.2, 0) is 9.59 Å². The Morgan fingerprint density at radius 3 is 2.45 bits per heavy atom. The maximum Gasteiger partial charge on any atom is 0.241 e. The Kier molecular flexibility index (Phi) is 6.45. The third-order valence-corrected chi connectivity index (χ3v) is 6.18. The summed E-state index contributed by atoms with van der Waals surface area (Å²) in [5.41, 5.74) is 6.92. The molecule has 2 aromatic carbocycles. The van der Waals surface area contributed by atoms with Crippen molar-refractivity contribution in [3.05, 3.63) is 77.6 Å². The highest BCUT2D eigenvalue weighted by molar-refractivity contribution is 5.96. The number of nitrogens with one attached hydrogen (secondary N) is 1. The number of piperazine rings is 1. The Morgan fingerprint density at radius 1 is 1.00 bits per heavy atom. The van der Waals surface area contributed by atoms with Gasteiger partial charge in [-0.05, 0) is 79.4 Å². The smallest absolute Gasteiger partial charge is 0.241 e. The molecule has 33 heavy (non-hydrogen) atoms.